The van der Waals surface area contributed by atoms with E-state index >= 15 is 0 Å². The van der Waals surface area contributed by atoms with E-state index in [9.17, 15) is 4.79 Å². The van der Waals surface area contributed by atoms with E-state index in [-0.39, 0.29) is 11.0 Å². The van der Waals surface area contributed by atoms with Gasteiger partial charge in [0, 0.05) is 5.56 Å². The van der Waals surface area contributed by atoms with Gasteiger partial charge < -0.3 is 0 Å². The minimum atomic E-state index is -0.227. The number of thiophene rings is 1. The topological polar surface area (TPSA) is 58.6 Å². The van der Waals surface area contributed by atoms with Crippen LogP contribution >= 0.6 is 23.1 Å². The molecule has 1 aromatic carbocycles. The van der Waals surface area contributed by atoms with Gasteiger partial charge in [0.2, 0.25) is 5.16 Å². The van der Waals surface area contributed by atoms with Gasteiger partial charge in [0.15, 0.2) is 11.6 Å². The summed E-state index contributed by atoms with van der Waals surface area (Å²) in [6.07, 6.45) is 0. The van der Waals surface area contributed by atoms with E-state index in [0.717, 1.165) is 21.8 Å². The molecular formula is C16H15N3OS2. The molecule has 0 aliphatic rings. The molecule has 4 nitrogen and oxygen atoms in total. The molecule has 6 heteroatoms. The maximum atomic E-state index is 12.4. The van der Waals surface area contributed by atoms with Gasteiger partial charge in [0.1, 0.15) is 0 Å². The van der Waals surface area contributed by atoms with Gasteiger partial charge in [-0.15, -0.1) is 16.4 Å². The molecule has 2 heterocycles. The SMILES string of the molecule is Cc1ccc(C(=O)[C@@H](C)Sc2n[nH]c(-c3cccs3)n2)cc1. The maximum absolute atomic E-state index is 12.4. The first-order valence-electron chi connectivity index (χ1n) is 6.87. The van der Waals surface area contributed by atoms with E-state index in [2.05, 4.69) is 15.2 Å². The molecule has 1 atom stereocenters. The maximum Gasteiger partial charge on any atom is 0.209 e. The molecule has 0 unspecified atom stereocenters. The summed E-state index contributed by atoms with van der Waals surface area (Å²) >= 11 is 2.97. The lowest BCUT2D eigenvalue weighted by Gasteiger charge is -2.07. The smallest absolute Gasteiger partial charge is 0.209 e. The zero-order chi connectivity index (χ0) is 15.5. The van der Waals surface area contributed by atoms with Crippen molar-refractivity contribution in [1.82, 2.24) is 15.2 Å². The number of hydrogen-bond donors (Lipinski definition) is 1. The van der Waals surface area contributed by atoms with Crippen LogP contribution in [0.2, 0.25) is 0 Å². The van der Waals surface area contributed by atoms with Crippen LogP contribution in [0.1, 0.15) is 22.8 Å². The van der Waals surface area contributed by atoms with Crippen molar-refractivity contribution < 1.29 is 4.79 Å². The standard InChI is InChI=1S/C16H15N3OS2/c1-10-5-7-12(8-6-10)14(20)11(2)22-16-17-15(18-19-16)13-4-3-9-21-13/h3-9,11H,1-2H3,(H,17,18,19)/t11-/m1/s1. The molecule has 22 heavy (non-hydrogen) atoms. The first-order chi connectivity index (χ1) is 10.6. The predicted molar refractivity (Wildman–Crippen MR) is 90.5 cm³/mol. The van der Waals surface area contributed by atoms with Crippen molar-refractivity contribution in [2.75, 3.05) is 0 Å². The molecule has 0 amide bonds. The Morgan fingerprint density at radius 1 is 1.27 bits per heavy atom. The molecule has 3 aromatic rings. The molecule has 112 valence electrons. The number of carbonyl (C=O) groups is 1. The minimum absolute atomic E-state index is 0.0903. The van der Waals surface area contributed by atoms with Crippen molar-refractivity contribution in [2.24, 2.45) is 0 Å². The second-order valence-corrected chi connectivity index (χ2v) is 7.19. The van der Waals surface area contributed by atoms with E-state index in [1.165, 1.54) is 11.8 Å². The van der Waals surface area contributed by atoms with Crippen molar-refractivity contribution in [3.63, 3.8) is 0 Å². The van der Waals surface area contributed by atoms with Crippen molar-refractivity contribution in [2.45, 2.75) is 24.3 Å². The van der Waals surface area contributed by atoms with Gasteiger partial charge in [-0.05, 0) is 25.3 Å². The number of hydrogen-bond acceptors (Lipinski definition) is 5. The number of aromatic nitrogens is 3. The second-order valence-electron chi connectivity index (χ2n) is 4.93. The number of thioether (sulfide) groups is 1. The Bertz CT molecular complexity index is 763. The predicted octanol–water partition coefficient (Wildman–Crippen LogP) is 4.21. The van der Waals surface area contributed by atoms with Crippen LogP contribution < -0.4 is 0 Å². The Labute approximate surface area is 137 Å². The van der Waals surface area contributed by atoms with Gasteiger partial charge in [-0.2, -0.15) is 0 Å². The van der Waals surface area contributed by atoms with Crippen LogP contribution in [0.3, 0.4) is 0 Å². The van der Waals surface area contributed by atoms with Crippen molar-refractivity contribution in [3.05, 3.63) is 52.9 Å². The largest absolute Gasteiger partial charge is 0.293 e. The number of carbonyl (C=O) groups excluding carboxylic acids is 1. The Morgan fingerprint density at radius 3 is 2.73 bits per heavy atom. The van der Waals surface area contributed by atoms with E-state index in [4.69, 9.17) is 0 Å². The summed E-state index contributed by atoms with van der Waals surface area (Å²) in [7, 11) is 0. The molecule has 1 N–H and O–H groups in total. The van der Waals surface area contributed by atoms with Gasteiger partial charge in [-0.25, -0.2) is 4.98 Å². The Hall–Kier alpha value is -1.92. The molecular weight excluding hydrogens is 314 g/mol. The highest BCUT2D eigenvalue weighted by atomic mass is 32.2. The number of H-pyrrole nitrogens is 1. The van der Waals surface area contributed by atoms with Crippen LogP contribution in [-0.4, -0.2) is 26.2 Å². The van der Waals surface area contributed by atoms with E-state index in [1.807, 2.05) is 55.6 Å². The van der Waals surface area contributed by atoms with Crippen LogP contribution in [0, 0.1) is 6.92 Å². The van der Waals surface area contributed by atoms with Crippen LogP contribution in [-0.2, 0) is 0 Å². The normalized spacial score (nSPS) is 12.3. The Kier molecular flexibility index (Phi) is 4.40. The Morgan fingerprint density at radius 2 is 2.05 bits per heavy atom. The average Bonchev–Trinajstić information content (AvgIpc) is 3.18. The third kappa shape index (κ3) is 3.28. The third-order valence-corrected chi connectivity index (χ3v) is 5.04. The lowest BCUT2D eigenvalue weighted by Crippen LogP contribution is -2.13. The molecule has 0 saturated heterocycles. The minimum Gasteiger partial charge on any atom is -0.293 e. The molecule has 0 aliphatic heterocycles. The summed E-state index contributed by atoms with van der Waals surface area (Å²) in [6.45, 7) is 3.89. The van der Waals surface area contributed by atoms with Crippen molar-refractivity contribution in [1.29, 1.82) is 0 Å². The van der Waals surface area contributed by atoms with Crippen molar-refractivity contribution in [3.8, 4) is 10.7 Å². The molecule has 0 spiro atoms. The summed E-state index contributed by atoms with van der Waals surface area (Å²) in [6, 6.07) is 11.6. The summed E-state index contributed by atoms with van der Waals surface area (Å²) in [4.78, 5) is 17.9. The van der Waals surface area contributed by atoms with Gasteiger partial charge in [0.25, 0.3) is 0 Å². The fourth-order valence-corrected chi connectivity index (χ4v) is 3.45. The molecule has 0 fully saturated rings. The third-order valence-electron chi connectivity index (χ3n) is 3.21. The summed E-state index contributed by atoms with van der Waals surface area (Å²) in [5, 5.41) is 9.46. The van der Waals surface area contributed by atoms with Crippen LogP contribution in [0.5, 0.6) is 0 Å². The molecule has 2 aromatic heterocycles. The lowest BCUT2D eigenvalue weighted by atomic mass is 10.1. The highest BCUT2D eigenvalue weighted by Gasteiger charge is 2.19. The monoisotopic (exact) mass is 329 g/mol. The van der Waals surface area contributed by atoms with Crippen molar-refractivity contribution >= 4 is 28.9 Å². The fraction of sp³-hybridized carbons (Fsp3) is 0.188. The zero-order valence-electron chi connectivity index (χ0n) is 12.2. The number of aryl methyl sites for hydroxylation is 1. The number of aromatic amines is 1. The van der Waals surface area contributed by atoms with E-state index in [0.29, 0.717) is 5.16 Å². The number of benzene rings is 1. The number of Topliss-reactive ketones (excluding diaryl/α,β-unsaturated/α-hetero) is 1. The number of ketones is 1. The second kappa shape index (κ2) is 6.46. The van der Waals surface area contributed by atoms with E-state index in [1.54, 1.807) is 11.3 Å². The van der Waals surface area contributed by atoms with Crippen LogP contribution in [0.4, 0.5) is 0 Å². The van der Waals surface area contributed by atoms with Gasteiger partial charge in [-0.1, -0.05) is 47.7 Å². The number of nitrogens with zero attached hydrogens (tertiary/aromatic N) is 2. The van der Waals surface area contributed by atoms with Crippen LogP contribution in [0.25, 0.3) is 10.7 Å². The average molecular weight is 329 g/mol. The van der Waals surface area contributed by atoms with Gasteiger partial charge >= 0.3 is 0 Å². The summed E-state index contributed by atoms with van der Waals surface area (Å²) < 4.78 is 0. The molecule has 0 radical (unpaired) electrons. The molecule has 0 saturated carbocycles. The highest BCUT2D eigenvalue weighted by molar-refractivity contribution is 8.00. The zero-order valence-corrected chi connectivity index (χ0v) is 13.9. The highest BCUT2D eigenvalue weighted by Crippen LogP contribution is 2.26. The van der Waals surface area contributed by atoms with E-state index < -0.39 is 0 Å². The molecule has 0 aliphatic carbocycles. The van der Waals surface area contributed by atoms with Crippen LogP contribution in [0.15, 0.2) is 46.9 Å². The first-order valence-corrected chi connectivity index (χ1v) is 8.63. The van der Waals surface area contributed by atoms with Gasteiger partial charge in [0.05, 0.1) is 10.1 Å². The Balaban J connectivity index is 1.70. The summed E-state index contributed by atoms with van der Waals surface area (Å²) in [5.41, 5.74) is 1.87. The van der Waals surface area contributed by atoms with Gasteiger partial charge in [-0.3, -0.25) is 9.89 Å². The quantitative estimate of drug-likeness (QED) is 0.563. The number of nitrogens with one attached hydrogen (secondary N) is 1. The molecule has 3 rings (SSSR count). The number of rotatable bonds is 5. The fourth-order valence-electron chi connectivity index (χ4n) is 1.99. The first kappa shape index (κ1) is 15.0. The summed E-state index contributed by atoms with van der Waals surface area (Å²) in [5.74, 6) is 0.833. The lowest BCUT2D eigenvalue weighted by molar-refractivity contribution is 0.0994. The molecule has 0 bridgehead atoms.